The van der Waals surface area contributed by atoms with Crippen LogP contribution in [0.4, 0.5) is 18.9 Å². The van der Waals surface area contributed by atoms with E-state index in [9.17, 15) is 29.0 Å². The van der Waals surface area contributed by atoms with Crippen molar-refractivity contribution in [3.05, 3.63) is 74.2 Å². The van der Waals surface area contributed by atoms with E-state index in [-0.39, 0.29) is 0 Å². The Kier molecular flexibility index (Phi) is 11.2. The van der Waals surface area contributed by atoms with Crippen LogP contribution in [-0.4, -0.2) is 32.0 Å². The molecule has 1 aliphatic rings. The Balaban J connectivity index is 1.89. The molecule has 0 spiro atoms. The van der Waals surface area contributed by atoms with Crippen molar-refractivity contribution in [2.24, 2.45) is 0 Å². The number of rotatable bonds is 12. The first-order chi connectivity index (χ1) is 20.6. The summed E-state index contributed by atoms with van der Waals surface area (Å²) in [5.74, 6) is 0.0746. The number of hydrogen-bond acceptors (Lipinski definition) is 7. The number of methoxy groups -OCH3 is 1. The van der Waals surface area contributed by atoms with Crippen molar-refractivity contribution in [3.8, 4) is 24.0 Å². The van der Waals surface area contributed by atoms with E-state index in [1.165, 1.54) is 29.6 Å². The molecule has 6 nitrogen and oxygen atoms in total. The second kappa shape index (κ2) is 14.6. The number of hydrogen-bond donors (Lipinski definition) is 0. The summed E-state index contributed by atoms with van der Waals surface area (Å²) in [5.41, 5.74) is -2.56. The number of allylic oxidation sites excluding steroid dienone is 2. The van der Waals surface area contributed by atoms with Gasteiger partial charge in [-0.2, -0.15) is 29.0 Å². The minimum atomic E-state index is -4.91. The number of halogens is 3. The van der Waals surface area contributed by atoms with Crippen molar-refractivity contribution in [1.29, 1.82) is 15.8 Å². The van der Waals surface area contributed by atoms with Gasteiger partial charge in [-0.1, -0.05) is 32.8 Å². The first-order valence-electron chi connectivity index (χ1n) is 13.9. The van der Waals surface area contributed by atoms with Gasteiger partial charge in [-0.15, -0.1) is 11.3 Å². The molecule has 0 bridgehead atoms. The maximum absolute atomic E-state index is 14.1. The van der Waals surface area contributed by atoms with Crippen LogP contribution >= 0.6 is 11.3 Å². The second-order valence-corrected chi connectivity index (χ2v) is 11.1. The zero-order valence-electron chi connectivity index (χ0n) is 24.6. The molecule has 0 radical (unpaired) electrons. The van der Waals surface area contributed by atoms with Gasteiger partial charge in [0.2, 0.25) is 5.60 Å². The minimum absolute atomic E-state index is 0.470. The van der Waals surface area contributed by atoms with Crippen molar-refractivity contribution in [2.75, 3.05) is 25.1 Å². The van der Waals surface area contributed by atoms with E-state index in [1.54, 1.807) is 19.2 Å². The van der Waals surface area contributed by atoms with Gasteiger partial charge in [0, 0.05) is 45.7 Å². The maximum Gasteiger partial charge on any atom is 0.432 e. The fourth-order valence-corrected chi connectivity index (χ4v) is 5.34. The summed E-state index contributed by atoms with van der Waals surface area (Å²) in [6, 6.07) is 14.4. The number of nitrogens with zero attached hydrogens (tertiary/aromatic N) is 4. The van der Waals surface area contributed by atoms with E-state index >= 15 is 0 Å². The van der Waals surface area contributed by atoms with Gasteiger partial charge in [0.1, 0.15) is 29.5 Å². The normalized spacial score (nSPS) is 16.7. The lowest BCUT2D eigenvalue weighted by Crippen LogP contribution is -2.43. The fraction of sp³-hybridized carbons (Fsp3) is 0.364. The molecule has 43 heavy (non-hydrogen) atoms. The number of unbranched alkanes of at least 4 members (excludes halogenated alkanes) is 2. The van der Waals surface area contributed by atoms with Gasteiger partial charge >= 0.3 is 6.18 Å². The Hall–Kier alpha value is -4.46. The molecular weight excluding hydrogens is 573 g/mol. The number of thiophene rings is 1. The summed E-state index contributed by atoms with van der Waals surface area (Å²) in [4.78, 5) is 3.87. The lowest BCUT2D eigenvalue weighted by Gasteiger charge is -2.28. The molecule has 0 N–H and O–H groups in total. The van der Waals surface area contributed by atoms with Crippen LogP contribution in [0.1, 0.15) is 61.8 Å². The highest BCUT2D eigenvalue weighted by molar-refractivity contribution is 7.13. The van der Waals surface area contributed by atoms with Crippen LogP contribution in [0.15, 0.2) is 58.9 Å². The van der Waals surface area contributed by atoms with Crippen LogP contribution in [-0.2, 0) is 4.74 Å². The fourth-order valence-electron chi connectivity index (χ4n) is 4.52. The Labute approximate surface area is 254 Å². The summed E-state index contributed by atoms with van der Waals surface area (Å²) in [6.45, 7) is 7.10. The summed E-state index contributed by atoms with van der Waals surface area (Å²) in [6.07, 6.45) is 5.99. The second-order valence-electron chi connectivity index (χ2n) is 9.99. The van der Waals surface area contributed by atoms with Crippen LogP contribution in [0.5, 0.6) is 5.75 Å². The highest BCUT2D eigenvalue weighted by Crippen LogP contribution is 2.49. The molecule has 1 unspecified atom stereocenters. The predicted octanol–water partition coefficient (Wildman–Crippen LogP) is 8.82. The highest BCUT2D eigenvalue weighted by Gasteiger charge is 2.60. The van der Waals surface area contributed by atoms with Gasteiger partial charge in [0.05, 0.1) is 7.11 Å². The molecule has 1 aromatic heterocycles. The maximum atomic E-state index is 14.1. The molecule has 2 heterocycles. The van der Waals surface area contributed by atoms with E-state index < -0.39 is 34.3 Å². The molecule has 2 aromatic rings. The first-order valence-corrected chi connectivity index (χ1v) is 14.7. The van der Waals surface area contributed by atoms with Crippen molar-refractivity contribution < 1.29 is 22.6 Å². The standard InChI is InChI=1S/C33H33F3N4O2S/c1-5-7-17-40(18-8-6-2)25-11-9-23(30(19-25)41-4)10-12-26-13-14-27(43-26)15-16-29-28(22-39)31(24(20-37)21-38)42-32(29,3)33(34,35)36/h9-16,19H,5-8,17-18H2,1-4H3. The van der Waals surface area contributed by atoms with Crippen LogP contribution in [0.2, 0.25) is 0 Å². The number of anilines is 1. The molecule has 0 saturated carbocycles. The van der Waals surface area contributed by atoms with Crippen LogP contribution in [0, 0.1) is 34.0 Å². The molecule has 224 valence electrons. The zero-order valence-corrected chi connectivity index (χ0v) is 25.4. The van der Waals surface area contributed by atoms with Crippen molar-refractivity contribution >= 4 is 35.3 Å². The van der Waals surface area contributed by atoms with Crippen LogP contribution in [0.25, 0.3) is 18.2 Å². The van der Waals surface area contributed by atoms with Gasteiger partial charge < -0.3 is 14.4 Å². The molecule has 1 aromatic carbocycles. The third kappa shape index (κ3) is 7.49. The quantitative estimate of drug-likeness (QED) is 0.224. The number of nitriles is 3. The Morgan fingerprint density at radius 1 is 0.977 bits per heavy atom. The Morgan fingerprint density at radius 3 is 2.09 bits per heavy atom. The van der Waals surface area contributed by atoms with Gasteiger partial charge in [-0.3, -0.25) is 0 Å². The highest BCUT2D eigenvalue weighted by atomic mass is 32.1. The smallest absolute Gasteiger partial charge is 0.432 e. The zero-order chi connectivity index (χ0) is 31.6. The molecule has 1 aliphatic heterocycles. The summed E-state index contributed by atoms with van der Waals surface area (Å²) < 4.78 is 53.0. The molecular formula is C33H33F3N4O2S. The number of alkyl halides is 3. The van der Waals surface area contributed by atoms with E-state index in [0.717, 1.165) is 73.7 Å². The molecule has 0 aliphatic carbocycles. The topological polar surface area (TPSA) is 93.1 Å². The number of benzene rings is 1. The first kappa shape index (κ1) is 33.0. The monoisotopic (exact) mass is 606 g/mol. The SMILES string of the molecule is CCCCN(CCCC)c1ccc(C=Cc2ccc(C=CC3=C(C#N)C(=C(C#N)C#N)OC3(C)C(F)(F)F)s2)c(OC)c1. The predicted molar refractivity (Wildman–Crippen MR) is 164 cm³/mol. The van der Waals surface area contributed by atoms with Gasteiger partial charge in [0.25, 0.3) is 0 Å². The van der Waals surface area contributed by atoms with E-state index in [2.05, 4.69) is 24.8 Å². The van der Waals surface area contributed by atoms with E-state index in [0.29, 0.717) is 4.88 Å². The van der Waals surface area contributed by atoms with Crippen molar-refractivity contribution in [1.82, 2.24) is 0 Å². The third-order valence-electron chi connectivity index (χ3n) is 7.05. The average molecular weight is 607 g/mol. The van der Waals surface area contributed by atoms with Crippen molar-refractivity contribution in [2.45, 2.75) is 58.2 Å². The lowest BCUT2D eigenvalue weighted by atomic mass is 9.92. The lowest BCUT2D eigenvalue weighted by molar-refractivity contribution is -0.236. The molecule has 0 saturated heterocycles. The summed E-state index contributed by atoms with van der Waals surface area (Å²) in [5, 5.41) is 28.0. The third-order valence-corrected chi connectivity index (χ3v) is 8.07. The van der Waals surface area contributed by atoms with Crippen LogP contribution < -0.4 is 9.64 Å². The molecule has 3 rings (SSSR count). The number of ether oxygens (including phenoxy) is 2. The molecule has 0 amide bonds. The Morgan fingerprint density at radius 2 is 1.58 bits per heavy atom. The van der Waals surface area contributed by atoms with Crippen molar-refractivity contribution in [3.63, 3.8) is 0 Å². The van der Waals surface area contributed by atoms with Gasteiger partial charge in [-0.25, -0.2) is 0 Å². The Bertz CT molecular complexity index is 1540. The minimum Gasteiger partial charge on any atom is -0.496 e. The van der Waals surface area contributed by atoms with Crippen LogP contribution in [0.3, 0.4) is 0 Å². The summed E-state index contributed by atoms with van der Waals surface area (Å²) in [7, 11) is 1.63. The van der Waals surface area contributed by atoms with Gasteiger partial charge in [0.15, 0.2) is 11.3 Å². The molecule has 10 heteroatoms. The average Bonchev–Trinajstić information content (AvgIpc) is 3.57. The molecule has 1 atom stereocenters. The van der Waals surface area contributed by atoms with Gasteiger partial charge in [-0.05, 0) is 62.3 Å². The van der Waals surface area contributed by atoms with E-state index in [4.69, 9.17) is 9.47 Å². The van der Waals surface area contributed by atoms with E-state index in [1.807, 2.05) is 30.4 Å². The largest absolute Gasteiger partial charge is 0.496 e. The summed E-state index contributed by atoms with van der Waals surface area (Å²) >= 11 is 1.34. The molecule has 0 fully saturated rings.